The molecule has 1 aliphatic heterocycles. The average Bonchev–Trinajstić information content (AvgIpc) is 2.56. The molecule has 9 nitrogen and oxygen atoms in total. The van der Waals surface area contributed by atoms with Crippen LogP contribution in [0.3, 0.4) is 0 Å². The molecule has 1 aromatic carbocycles. The lowest BCUT2D eigenvalue weighted by Crippen LogP contribution is -2.27. The third kappa shape index (κ3) is 3.89. The molecule has 0 amide bonds. The third-order valence-electron chi connectivity index (χ3n) is 3.44. The van der Waals surface area contributed by atoms with Gasteiger partial charge in [-0.05, 0) is 40.5 Å². The minimum atomic E-state index is -3.97. The van der Waals surface area contributed by atoms with E-state index in [1.54, 1.807) is 6.20 Å². The summed E-state index contributed by atoms with van der Waals surface area (Å²) in [5.74, 6) is -0.494. The van der Waals surface area contributed by atoms with Gasteiger partial charge in [0, 0.05) is 25.0 Å². The van der Waals surface area contributed by atoms with E-state index in [0.717, 1.165) is 0 Å². The summed E-state index contributed by atoms with van der Waals surface area (Å²) in [6, 6.07) is 3.94. The Labute approximate surface area is 152 Å². The van der Waals surface area contributed by atoms with Crippen molar-refractivity contribution >= 4 is 49.4 Å². The van der Waals surface area contributed by atoms with Crippen LogP contribution in [0.25, 0.3) is 0 Å². The molecule has 1 aliphatic rings. The van der Waals surface area contributed by atoms with Gasteiger partial charge in [0.25, 0.3) is 0 Å². The molecule has 0 aliphatic carbocycles. The Morgan fingerprint density at radius 3 is 2.84 bits per heavy atom. The Morgan fingerprint density at radius 1 is 1.28 bits per heavy atom. The molecule has 2 heterocycles. The number of halogens is 1. The Bertz CT molecular complexity index is 935. The molecular weight excluding hydrogens is 414 g/mol. The molecule has 0 unspecified atom stereocenters. The summed E-state index contributed by atoms with van der Waals surface area (Å²) in [6.07, 6.45) is 2.05. The Kier molecular flexibility index (Phi) is 4.88. The van der Waals surface area contributed by atoms with Crippen molar-refractivity contribution in [2.24, 2.45) is 0 Å². The van der Waals surface area contributed by atoms with Gasteiger partial charge in [-0.15, -0.1) is 0 Å². The summed E-state index contributed by atoms with van der Waals surface area (Å²) in [4.78, 5) is 19.5. The minimum Gasteiger partial charge on any atom is -0.478 e. The number of anilines is 3. The van der Waals surface area contributed by atoms with Crippen molar-refractivity contribution in [3.63, 3.8) is 0 Å². The van der Waals surface area contributed by atoms with Crippen molar-refractivity contribution in [3.05, 3.63) is 34.4 Å². The Balaban J connectivity index is 2.11. The van der Waals surface area contributed by atoms with Gasteiger partial charge in [0.15, 0.2) is 0 Å². The lowest BCUT2D eigenvalue weighted by molar-refractivity contribution is 0.0692. The first-order valence-electron chi connectivity index (χ1n) is 7.27. The second-order valence-electron chi connectivity index (χ2n) is 5.21. The van der Waals surface area contributed by atoms with Gasteiger partial charge in [-0.1, -0.05) is 0 Å². The van der Waals surface area contributed by atoms with E-state index in [4.69, 9.17) is 0 Å². The number of carbonyl (C=O) groups is 1. The quantitative estimate of drug-likeness (QED) is 0.540. The number of rotatable bonds is 1. The van der Waals surface area contributed by atoms with Crippen molar-refractivity contribution < 1.29 is 18.3 Å². The molecule has 4 bridgehead atoms. The van der Waals surface area contributed by atoms with Gasteiger partial charge in [-0.2, -0.15) is 4.98 Å². The second-order valence-corrected chi connectivity index (χ2v) is 7.80. The molecule has 11 heteroatoms. The van der Waals surface area contributed by atoms with Crippen molar-refractivity contribution in [2.75, 3.05) is 23.7 Å². The molecule has 0 saturated heterocycles. The zero-order valence-corrected chi connectivity index (χ0v) is 15.2. The zero-order chi connectivity index (χ0) is 18.0. The van der Waals surface area contributed by atoms with Crippen LogP contribution in [0, 0.1) is 0 Å². The molecule has 132 valence electrons. The van der Waals surface area contributed by atoms with Crippen LogP contribution in [0.15, 0.2) is 33.8 Å². The smallest absolute Gasteiger partial charge is 0.337 e. The summed E-state index contributed by atoms with van der Waals surface area (Å²) in [5, 5.41) is 15.2. The van der Waals surface area contributed by atoms with Crippen LogP contribution in [0.2, 0.25) is 0 Å². The fraction of sp³-hybridized carbons (Fsp3) is 0.214. The predicted octanol–water partition coefficient (Wildman–Crippen LogP) is 1.77. The number of hydrogen-bond acceptors (Lipinski definition) is 7. The van der Waals surface area contributed by atoms with Gasteiger partial charge in [-0.25, -0.2) is 22.9 Å². The molecule has 1 aromatic heterocycles. The zero-order valence-electron chi connectivity index (χ0n) is 12.8. The van der Waals surface area contributed by atoms with Crippen LogP contribution in [-0.2, 0) is 10.0 Å². The van der Waals surface area contributed by atoms with Crippen molar-refractivity contribution in [1.82, 2.24) is 14.7 Å². The SMILES string of the molecule is O=C(O)c1ccc2cc1S(=O)(=O)NCCCNc1nc(ncc1Br)N2. The van der Waals surface area contributed by atoms with Crippen molar-refractivity contribution in [1.29, 1.82) is 0 Å². The highest BCUT2D eigenvalue weighted by Crippen LogP contribution is 2.25. The molecule has 2 aromatic rings. The highest BCUT2D eigenvalue weighted by atomic mass is 79.9. The van der Waals surface area contributed by atoms with Crippen LogP contribution < -0.4 is 15.4 Å². The van der Waals surface area contributed by atoms with E-state index in [-0.39, 0.29) is 23.0 Å². The topological polar surface area (TPSA) is 133 Å². The third-order valence-corrected chi connectivity index (χ3v) is 5.52. The minimum absolute atomic E-state index is 0.154. The monoisotopic (exact) mass is 427 g/mol. The van der Waals surface area contributed by atoms with E-state index < -0.39 is 16.0 Å². The summed E-state index contributed by atoms with van der Waals surface area (Å²) in [7, 11) is -3.97. The molecule has 25 heavy (non-hydrogen) atoms. The average molecular weight is 428 g/mol. The number of carboxylic acids is 1. The lowest BCUT2D eigenvalue weighted by Gasteiger charge is -2.11. The lowest BCUT2D eigenvalue weighted by atomic mass is 10.2. The van der Waals surface area contributed by atoms with Gasteiger partial charge in [0.05, 0.1) is 14.9 Å². The van der Waals surface area contributed by atoms with Crippen molar-refractivity contribution in [3.8, 4) is 0 Å². The van der Waals surface area contributed by atoms with Crippen LogP contribution in [-0.4, -0.2) is 42.6 Å². The predicted molar refractivity (Wildman–Crippen MR) is 94.7 cm³/mol. The summed E-state index contributed by atoms with van der Waals surface area (Å²) in [6.45, 7) is 0.628. The second kappa shape index (κ2) is 6.94. The molecule has 3 rings (SSSR count). The number of nitrogens with one attached hydrogen (secondary N) is 3. The Morgan fingerprint density at radius 2 is 2.08 bits per heavy atom. The fourth-order valence-electron chi connectivity index (χ4n) is 2.26. The summed E-state index contributed by atoms with van der Waals surface area (Å²) in [5.41, 5.74) is 0.0568. The van der Waals surface area contributed by atoms with Crippen LogP contribution in [0.5, 0.6) is 0 Å². The maximum absolute atomic E-state index is 12.5. The highest BCUT2D eigenvalue weighted by molar-refractivity contribution is 9.10. The van der Waals surface area contributed by atoms with Gasteiger partial charge in [0.2, 0.25) is 16.0 Å². The molecular formula is C14H14BrN5O4S. The maximum atomic E-state index is 12.5. The number of nitrogens with zero attached hydrogens (tertiary/aromatic N) is 2. The van der Waals surface area contributed by atoms with Crippen LogP contribution in [0.4, 0.5) is 17.5 Å². The van der Waals surface area contributed by atoms with E-state index >= 15 is 0 Å². The first-order chi connectivity index (χ1) is 11.9. The van der Waals surface area contributed by atoms with Gasteiger partial charge in [0.1, 0.15) is 5.82 Å². The van der Waals surface area contributed by atoms with Crippen molar-refractivity contribution in [2.45, 2.75) is 11.3 Å². The number of sulfonamides is 1. The molecule has 0 saturated carbocycles. The number of benzene rings is 1. The molecule has 4 N–H and O–H groups in total. The van der Waals surface area contributed by atoms with E-state index in [0.29, 0.717) is 28.9 Å². The Hall–Kier alpha value is -2.24. The maximum Gasteiger partial charge on any atom is 0.337 e. The first-order valence-corrected chi connectivity index (χ1v) is 9.55. The largest absolute Gasteiger partial charge is 0.478 e. The van der Waals surface area contributed by atoms with E-state index in [1.807, 2.05) is 0 Å². The van der Waals surface area contributed by atoms with E-state index in [1.165, 1.54) is 18.2 Å². The summed E-state index contributed by atoms with van der Waals surface area (Å²) >= 11 is 3.35. The molecule has 0 atom stereocenters. The van der Waals surface area contributed by atoms with Crippen LogP contribution >= 0.6 is 15.9 Å². The van der Waals surface area contributed by atoms with E-state index in [9.17, 15) is 18.3 Å². The summed E-state index contributed by atoms with van der Waals surface area (Å²) < 4.78 is 28.0. The molecule has 0 radical (unpaired) electrons. The number of carboxylic acid groups (broad SMARTS) is 1. The molecule has 0 fully saturated rings. The number of aromatic carboxylic acids is 1. The highest BCUT2D eigenvalue weighted by Gasteiger charge is 2.23. The van der Waals surface area contributed by atoms with Crippen LogP contribution in [0.1, 0.15) is 16.8 Å². The molecule has 0 spiro atoms. The number of fused-ring (bicyclic) bond motifs is 4. The first kappa shape index (κ1) is 17.6. The normalized spacial score (nSPS) is 16.4. The number of hydrogen-bond donors (Lipinski definition) is 4. The van der Waals surface area contributed by atoms with E-state index in [2.05, 4.69) is 41.3 Å². The standard InChI is InChI=1S/C14H14BrN5O4S/c15-10-7-17-14-19-8-2-3-9(13(21)22)11(6-8)25(23,24)18-5-1-4-16-12(10)20-14/h2-3,6-7,18H,1,4-5H2,(H,21,22)(H2,16,17,19,20). The fourth-order valence-corrected chi connectivity index (χ4v) is 3.89. The van der Waals surface area contributed by atoms with Gasteiger partial charge >= 0.3 is 5.97 Å². The van der Waals surface area contributed by atoms with Gasteiger partial charge < -0.3 is 15.7 Å². The number of aromatic nitrogens is 2. The van der Waals surface area contributed by atoms with Gasteiger partial charge in [-0.3, -0.25) is 0 Å².